The number of hydrogen-bond donors (Lipinski definition) is 5. The molecule has 0 aliphatic carbocycles. The monoisotopic (exact) mass is 808 g/mol. The molecule has 18 heteroatoms. The highest BCUT2D eigenvalue weighted by Gasteiger charge is 2.28. The van der Waals surface area contributed by atoms with Crippen molar-refractivity contribution in [3.8, 4) is 11.3 Å². The highest BCUT2D eigenvalue weighted by Crippen LogP contribution is 2.34. The number of hydrogen-bond acceptors (Lipinski definition) is 9. The van der Waals surface area contributed by atoms with Gasteiger partial charge in [-0.05, 0) is 59.8 Å². The number of fused-ring (bicyclic) bond motifs is 1. The lowest BCUT2D eigenvalue weighted by Crippen LogP contribution is -2.40. The summed E-state index contributed by atoms with van der Waals surface area (Å²) in [5.41, 5.74) is 8.60. The molecule has 1 aliphatic rings. The van der Waals surface area contributed by atoms with E-state index in [1.54, 1.807) is 29.2 Å². The Morgan fingerprint density at radius 3 is 1.85 bits per heavy atom. The zero-order valence-corrected chi connectivity index (χ0v) is 31.3. The van der Waals surface area contributed by atoms with Crippen molar-refractivity contribution >= 4 is 47.2 Å². The van der Waals surface area contributed by atoms with Crippen LogP contribution in [0.15, 0.2) is 104 Å². The Morgan fingerprint density at radius 1 is 0.814 bits per heavy atom. The van der Waals surface area contributed by atoms with Crippen molar-refractivity contribution in [2.75, 3.05) is 18.8 Å². The van der Waals surface area contributed by atoms with E-state index in [2.05, 4.69) is 27.2 Å². The lowest BCUT2D eigenvalue weighted by molar-refractivity contribution is -0.127. The fraction of sp³-hybridized carbons (Fsp3) is 0.171. The molecule has 13 nitrogen and oxygen atoms in total. The van der Waals surface area contributed by atoms with Crippen LogP contribution < -0.4 is 21.8 Å². The van der Waals surface area contributed by atoms with Crippen molar-refractivity contribution < 1.29 is 42.0 Å². The minimum absolute atomic E-state index is 0.0639. The lowest BCUT2D eigenvalue weighted by atomic mass is 9.80. The Bertz CT molecular complexity index is 2460. The maximum Gasteiger partial charge on any atom is 0.488 e. The molecule has 4 aromatic carbocycles. The van der Waals surface area contributed by atoms with Crippen LogP contribution in [-0.4, -0.2) is 72.6 Å². The van der Waals surface area contributed by atoms with Gasteiger partial charge in [0.05, 0.1) is 11.4 Å². The minimum Gasteiger partial charge on any atom is -0.423 e. The average Bonchev–Trinajstić information content (AvgIpc) is 3.63. The van der Waals surface area contributed by atoms with E-state index < -0.39 is 53.3 Å². The van der Waals surface area contributed by atoms with Crippen molar-refractivity contribution in [1.82, 2.24) is 35.3 Å². The van der Waals surface area contributed by atoms with Crippen LogP contribution in [0.5, 0.6) is 0 Å². The second kappa shape index (κ2) is 18.6. The van der Waals surface area contributed by atoms with Gasteiger partial charge in [-0.3, -0.25) is 14.4 Å². The number of rotatable bonds is 10. The zero-order valence-electron chi connectivity index (χ0n) is 31.3. The molecule has 2 aromatic heterocycles. The van der Waals surface area contributed by atoms with E-state index >= 15 is 0 Å². The van der Waals surface area contributed by atoms with Crippen LogP contribution in [0, 0.1) is 23.3 Å². The first-order valence-electron chi connectivity index (χ1n) is 18.2. The Kier molecular flexibility index (Phi) is 13.1. The largest absolute Gasteiger partial charge is 0.488 e. The first kappa shape index (κ1) is 41.7. The van der Waals surface area contributed by atoms with Gasteiger partial charge in [-0.25, -0.2) is 32.2 Å². The van der Waals surface area contributed by atoms with Gasteiger partial charge in [-0.2, -0.15) is 5.10 Å². The summed E-state index contributed by atoms with van der Waals surface area (Å²) in [6.07, 6.45) is 4.34. The topological polar surface area (TPSA) is 189 Å². The molecule has 302 valence electrons. The second-order valence-electron chi connectivity index (χ2n) is 13.4. The van der Waals surface area contributed by atoms with Crippen molar-refractivity contribution in [2.45, 2.75) is 32.0 Å². The number of carbonyl (C=O) groups is 3. The Balaban J connectivity index is 0.000000236. The van der Waals surface area contributed by atoms with Crippen molar-refractivity contribution in [3.63, 3.8) is 0 Å². The molecule has 7 rings (SSSR count). The van der Waals surface area contributed by atoms with E-state index in [0.29, 0.717) is 40.8 Å². The number of nitrogens with one attached hydrogen (secondary N) is 2. The Morgan fingerprint density at radius 2 is 1.34 bits per heavy atom. The number of amides is 3. The number of halogens is 4. The lowest BCUT2D eigenvalue weighted by Gasteiger charge is -2.32. The van der Waals surface area contributed by atoms with Gasteiger partial charge < -0.3 is 31.3 Å². The van der Waals surface area contributed by atoms with Crippen LogP contribution >= 0.6 is 0 Å². The first-order valence-corrected chi connectivity index (χ1v) is 18.2. The fourth-order valence-corrected chi connectivity index (χ4v) is 6.49. The third kappa shape index (κ3) is 9.62. The van der Waals surface area contributed by atoms with Crippen molar-refractivity contribution in [3.05, 3.63) is 149 Å². The molecular weight excluding hydrogens is 771 g/mol. The van der Waals surface area contributed by atoms with Gasteiger partial charge in [0, 0.05) is 31.7 Å². The van der Waals surface area contributed by atoms with Crippen LogP contribution in [0.25, 0.3) is 22.3 Å². The van der Waals surface area contributed by atoms with Crippen LogP contribution in [0.1, 0.15) is 50.7 Å². The summed E-state index contributed by atoms with van der Waals surface area (Å²) >= 11 is 0. The molecule has 59 heavy (non-hydrogen) atoms. The maximum absolute atomic E-state index is 13.9. The van der Waals surface area contributed by atoms with E-state index in [1.165, 1.54) is 36.7 Å². The fourth-order valence-electron chi connectivity index (χ4n) is 6.49. The summed E-state index contributed by atoms with van der Waals surface area (Å²) in [6, 6.07) is 19.7. The number of benzene rings is 4. The Hall–Kier alpha value is -6.92. The van der Waals surface area contributed by atoms with Gasteiger partial charge in [-0.15, -0.1) is 0 Å². The number of aromatic nitrogens is 4. The van der Waals surface area contributed by atoms with E-state index in [-0.39, 0.29) is 30.9 Å². The quantitative estimate of drug-likeness (QED) is 0.0768. The Labute approximate surface area is 335 Å². The van der Waals surface area contributed by atoms with E-state index in [4.69, 9.17) is 20.9 Å². The predicted octanol–water partition coefficient (Wildman–Crippen LogP) is 4.21. The maximum atomic E-state index is 13.9. The standard InChI is InChI=1S/C27H25F2N7O2.C14H12BF2NO3/c1-2-21(37)35-12-4-5-18(14-35)36-26-23(25(30)32-15-33-26)24(34-36)17-10-8-16(9-11-17)13-31-27(38)22-19(28)6-3-7-20(22)29;16-11-2-1-3-12(17)13(11)14(19)18-8-9-4-6-10(7-5-9)15(20)21/h2-3,6-11,15,18H,1,4-5,12-14H2,(H,31,38)(H2,30,32,33);1-7,20-21H,8H2,(H,18,19)/t18-;/m1./s1. The predicted molar refractivity (Wildman–Crippen MR) is 212 cm³/mol. The van der Waals surface area contributed by atoms with E-state index in [0.717, 1.165) is 48.2 Å². The number of nitrogen functional groups attached to an aromatic ring is 1. The first-order chi connectivity index (χ1) is 28.4. The molecule has 1 saturated heterocycles. The molecular formula is C41H37BF4N8O5. The van der Waals surface area contributed by atoms with Gasteiger partial charge in [0.2, 0.25) is 5.91 Å². The summed E-state index contributed by atoms with van der Waals surface area (Å²) in [5.74, 6) is -5.22. The summed E-state index contributed by atoms with van der Waals surface area (Å²) in [6.45, 7) is 4.86. The number of nitrogens with two attached hydrogens (primary N) is 1. The normalized spacial score (nSPS) is 13.6. The molecule has 6 aromatic rings. The summed E-state index contributed by atoms with van der Waals surface area (Å²) in [4.78, 5) is 46.6. The van der Waals surface area contributed by atoms with Crippen LogP contribution in [0.2, 0.25) is 0 Å². The molecule has 0 bridgehead atoms. The molecule has 0 radical (unpaired) electrons. The molecule has 0 saturated carbocycles. The van der Waals surface area contributed by atoms with Crippen molar-refractivity contribution in [1.29, 1.82) is 0 Å². The summed E-state index contributed by atoms with van der Waals surface area (Å²) in [7, 11) is -1.57. The minimum atomic E-state index is -1.57. The van der Waals surface area contributed by atoms with Gasteiger partial charge in [0.25, 0.3) is 11.8 Å². The van der Waals surface area contributed by atoms with Gasteiger partial charge in [0.15, 0.2) is 5.65 Å². The smallest absolute Gasteiger partial charge is 0.423 e. The molecule has 1 atom stereocenters. The molecule has 3 heterocycles. The molecule has 6 N–H and O–H groups in total. The number of anilines is 1. The number of nitrogens with zero attached hydrogens (tertiary/aromatic N) is 5. The summed E-state index contributed by atoms with van der Waals surface area (Å²) in [5, 5.41) is 28.3. The molecule has 1 fully saturated rings. The number of likely N-dealkylation sites (tertiary alicyclic amines) is 1. The number of carbonyl (C=O) groups excluding carboxylic acids is 3. The molecule has 0 spiro atoms. The zero-order chi connectivity index (χ0) is 42.2. The second-order valence-corrected chi connectivity index (χ2v) is 13.4. The highest BCUT2D eigenvalue weighted by molar-refractivity contribution is 6.58. The van der Waals surface area contributed by atoms with Crippen molar-refractivity contribution in [2.24, 2.45) is 0 Å². The molecule has 3 amide bonds. The molecule has 1 aliphatic heterocycles. The van der Waals surface area contributed by atoms with Crippen LogP contribution in [0.4, 0.5) is 23.4 Å². The van der Waals surface area contributed by atoms with E-state index in [9.17, 15) is 31.9 Å². The van der Waals surface area contributed by atoms with Gasteiger partial charge in [0.1, 0.15) is 52.2 Å². The highest BCUT2D eigenvalue weighted by atomic mass is 19.1. The summed E-state index contributed by atoms with van der Waals surface area (Å²) < 4.78 is 56.4. The van der Waals surface area contributed by atoms with Gasteiger partial charge >= 0.3 is 7.12 Å². The van der Waals surface area contributed by atoms with Gasteiger partial charge in [-0.1, -0.05) is 67.2 Å². The third-order valence-electron chi connectivity index (χ3n) is 9.54. The third-order valence-corrected chi connectivity index (χ3v) is 9.54. The SMILES string of the molecule is C=CC(=O)N1CCC[C@@H](n2nc(-c3ccc(CNC(=O)c4c(F)cccc4F)cc3)c3c(N)ncnc32)C1.O=C(NCc1ccc(B(O)O)cc1)c1c(F)cccc1F. The van der Waals surface area contributed by atoms with Crippen LogP contribution in [0.3, 0.4) is 0 Å². The van der Waals surface area contributed by atoms with E-state index in [1.807, 2.05) is 16.8 Å². The number of piperidine rings is 1. The van der Waals surface area contributed by atoms with Crippen LogP contribution in [-0.2, 0) is 17.9 Å². The molecule has 0 unspecified atom stereocenters. The average molecular weight is 809 g/mol.